The van der Waals surface area contributed by atoms with Gasteiger partial charge in [-0.05, 0) is 62.6 Å². The van der Waals surface area contributed by atoms with Crippen LogP contribution in [-0.4, -0.2) is 221 Å². The van der Waals surface area contributed by atoms with Gasteiger partial charge in [0.2, 0.25) is 23.6 Å². The third-order valence-corrected chi connectivity index (χ3v) is 11.3. The molecule has 448 valence electrons. The summed E-state index contributed by atoms with van der Waals surface area (Å²) in [5.41, 5.74) is 7.56. The second-order valence-corrected chi connectivity index (χ2v) is 18.0. The molecule has 0 spiro atoms. The van der Waals surface area contributed by atoms with E-state index in [9.17, 15) is 38.4 Å². The first-order valence-electron chi connectivity index (χ1n) is 27.1. The van der Waals surface area contributed by atoms with Gasteiger partial charge in [-0.15, -0.1) is 0 Å². The van der Waals surface area contributed by atoms with E-state index in [0.29, 0.717) is 137 Å². The van der Waals surface area contributed by atoms with Crippen LogP contribution in [0, 0.1) is 5.92 Å². The van der Waals surface area contributed by atoms with Crippen molar-refractivity contribution in [2.24, 2.45) is 11.7 Å². The van der Waals surface area contributed by atoms with Crippen molar-refractivity contribution < 1.29 is 90.8 Å². The van der Waals surface area contributed by atoms with E-state index in [2.05, 4.69) is 26.6 Å². The maximum atomic E-state index is 12.9. The Morgan fingerprint density at radius 2 is 1.08 bits per heavy atom. The molecule has 0 unspecified atom stereocenters. The molecular weight excluding hydrogens is 1040 g/mol. The van der Waals surface area contributed by atoms with E-state index >= 15 is 0 Å². The monoisotopic (exact) mass is 1130 g/mol. The van der Waals surface area contributed by atoms with E-state index in [4.69, 9.17) is 58.2 Å². The molecule has 0 saturated heterocycles. The van der Waals surface area contributed by atoms with E-state index in [-0.39, 0.29) is 83.2 Å². The van der Waals surface area contributed by atoms with Crippen LogP contribution in [0.25, 0.3) is 0 Å². The molecule has 0 saturated carbocycles. The third-order valence-electron chi connectivity index (χ3n) is 11.3. The summed E-state index contributed by atoms with van der Waals surface area (Å²) in [5.74, 6) is -3.87. The second-order valence-electron chi connectivity index (χ2n) is 18.0. The zero-order valence-electron chi connectivity index (χ0n) is 46.1. The molecule has 3 atom stereocenters. The van der Waals surface area contributed by atoms with E-state index in [1.54, 1.807) is 19.1 Å². The lowest BCUT2D eigenvalue weighted by molar-refractivity contribution is -0.141. The van der Waals surface area contributed by atoms with Gasteiger partial charge in [-0.2, -0.15) is 0 Å². The van der Waals surface area contributed by atoms with Gasteiger partial charge >= 0.3 is 12.1 Å². The van der Waals surface area contributed by atoms with Crippen molar-refractivity contribution in [2.75, 3.05) is 157 Å². The first-order chi connectivity index (χ1) is 38.3. The minimum atomic E-state index is -0.929. The Labute approximate surface area is 463 Å². The van der Waals surface area contributed by atoms with E-state index in [1.165, 1.54) is 12.2 Å². The van der Waals surface area contributed by atoms with Gasteiger partial charge in [-0.1, -0.05) is 32.4 Å². The summed E-state index contributed by atoms with van der Waals surface area (Å²) in [6.45, 7) is 10.4. The molecule has 7 amide bonds. The molecule has 1 heterocycles. The Kier molecular flexibility index (Phi) is 40.5. The largest absolute Gasteiger partial charge is 0.481 e. The average molecular weight is 1130 g/mol. The standard InChI is InChI=1S/C53H87N7O19/c1-3-4-16-55-47(62)39-57-51(66)45(59-46(61)9-7-18-60-49(64)14-15-50(60)65)8-5-6-17-56-48(63)40-78-34-33-76-30-29-74-26-25-72-22-21-70-19-20-71-23-24-73-27-28-75-31-32-77-35-36-79-53(69)58-44-12-10-42(11-13-44)38-43(54)37-41(2)52(67)68/h10-15,41,43,45H,3-9,16-40,54H2,1-2H3,(H,55,62)(H,56,63)(H,57,66)(H,58,69)(H,59,61)(H,67,68)/t41-,43+,45-/m0/s1. The molecule has 1 aliphatic heterocycles. The minimum absolute atomic E-state index is 0.0208. The van der Waals surface area contributed by atoms with Crippen molar-refractivity contribution in [1.82, 2.24) is 26.2 Å². The number of hydrogen-bond donors (Lipinski definition) is 7. The molecule has 8 N–H and O–H groups in total. The number of imide groups is 1. The second kappa shape index (κ2) is 46.1. The Morgan fingerprint density at radius 1 is 0.595 bits per heavy atom. The fraction of sp³-hybridized carbons (Fsp3) is 0.698. The van der Waals surface area contributed by atoms with Crippen molar-refractivity contribution in [1.29, 1.82) is 0 Å². The van der Waals surface area contributed by atoms with Gasteiger partial charge in [0.25, 0.3) is 11.8 Å². The van der Waals surface area contributed by atoms with Crippen LogP contribution in [0.2, 0.25) is 0 Å². The van der Waals surface area contributed by atoms with Crippen LogP contribution >= 0.6 is 0 Å². The number of nitrogens with one attached hydrogen (secondary N) is 5. The summed E-state index contributed by atoms with van der Waals surface area (Å²) in [6, 6.07) is 5.90. The fourth-order valence-corrected chi connectivity index (χ4v) is 7.03. The zero-order chi connectivity index (χ0) is 57.6. The van der Waals surface area contributed by atoms with Crippen LogP contribution in [0.1, 0.15) is 70.8 Å². The molecule has 1 aliphatic rings. The molecule has 1 aromatic rings. The molecule has 26 nitrogen and oxygen atoms in total. The lowest BCUT2D eigenvalue weighted by Gasteiger charge is -2.19. The maximum Gasteiger partial charge on any atom is 0.411 e. The molecule has 0 aliphatic carbocycles. The van der Waals surface area contributed by atoms with Crippen LogP contribution in [0.15, 0.2) is 36.4 Å². The number of unbranched alkanes of at least 4 members (excludes halogenated alkanes) is 2. The summed E-state index contributed by atoms with van der Waals surface area (Å²) in [6.07, 6.45) is 5.78. The number of rotatable bonds is 51. The highest BCUT2D eigenvalue weighted by Gasteiger charge is 2.25. The molecular formula is C53H87N7O19. The predicted octanol–water partition coefficient (Wildman–Crippen LogP) is 0.874. The number of carbonyl (C=O) groups is 8. The number of carboxylic acid groups (broad SMARTS) is 1. The van der Waals surface area contributed by atoms with Crippen molar-refractivity contribution in [3.63, 3.8) is 0 Å². The van der Waals surface area contributed by atoms with Crippen molar-refractivity contribution in [3.05, 3.63) is 42.0 Å². The third kappa shape index (κ3) is 37.8. The van der Waals surface area contributed by atoms with Crippen molar-refractivity contribution in [3.8, 4) is 0 Å². The van der Waals surface area contributed by atoms with Gasteiger partial charge in [0.05, 0.1) is 125 Å². The van der Waals surface area contributed by atoms with Gasteiger partial charge in [0.15, 0.2) is 0 Å². The quantitative estimate of drug-likeness (QED) is 0.0352. The molecule has 79 heavy (non-hydrogen) atoms. The number of nitrogens with zero attached hydrogens (tertiary/aromatic N) is 1. The number of aliphatic carboxylic acids is 1. The molecule has 2 rings (SSSR count). The zero-order valence-corrected chi connectivity index (χ0v) is 46.1. The smallest absolute Gasteiger partial charge is 0.411 e. The normalized spacial score (nSPS) is 13.2. The SMILES string of the molecule is CCCCNC(=O)CNC(=O)[C@H](CCCCNC(=O)COCCOCCOCCOCCOCCOCCOCCOCCOCCOC(=O)Nc1ccc(C[C@H](N)C[C@H](C)C(=O)O)cc1)NC(=O)CCCN1C(=O)C=CC1=O. The topological polar surface area (TPSA) is 338 Å². The van der Waals surface area contributed by atoms with Crippen LogP contribution in [0.5, 0.6) is 0 Å². The number of carbonyl (C=O) groups excluding carboxylic acids is 7. The first kappa shape index (κ1) is 69.4. The van der Waals surface area contributed by atoms with Crippen LogP contribution in [0.3, 0.4) is 0 Å². The fourth-order valence-electron chi connectivity index (χ4n) is 7.03. The minimum Gasteiger partial charge on any atom is -0.481 e. The van der Waals surface area contributed by atoms with E-state index in [1.807, 2.05) is 19.1 Å². The molecule has 0 aromatic heterocycles. The molecule has 1 aromatic carbocycles. The summed E-state index contributed by atoms with van der Waals surface area (Å²) < 4.78 is 54.3. The van der Waals surface area contributed by atoms with Crippen molar-refractivity contribution in [2.45, 2.75) is 83.7 Å². The lowest BCUT2D eigenvalue weighted by Crippen LogP contribution is -2.49. The number of nitrogens with two attached hydrogens (primary N) is 1. The number of benzene rings is 1. The van der Waals surface area contributed by atoms with Gasteiger partial charge in [0, 0.05) is 49.9 Å². The number of carboxylic acids is 1. The van der Waals surface area contributed by atoms with Crippen LogP contribution in [0.4, 0.5) is 10.5 Å². The van der Waals surface area contributed by atoms with E-state index < -0.39 is 47.7 Å². The summed E-state index contributed by atoms with van der Waals surface area (Å²) in [7, 11) is 0. The lowest BCUT2D eigenvalue weighted by atomic mass is 9.97. The summed E-state index contributed by atoms with van der Waals surface area (Å²) in [5, 5.41) is 22.4. The van der Waals surface area contributed by atoms with Gasteiger partial charge in [0.1, 0.15) is 19.3 Å². The number of anilines is 1. The maximum absolute atomic E-state index is 12.9. The predicted molar refractivity (Wildman–Crippen MR) is 287 cm³/mol. The summed E-state index contributed by atoms with van der Waals surface area (Å²) in [4.78, 5) is 97.6. The summed E-state index contributed by atoms with van der Waals surface area (Å²) >= 11 is 0. The van der Waals surface area contributed by atoms with E-state index in [0.717, 1.165) is 23.3 Å². The highest BCUT2D eigenvalue weighted by Crippen LogP contribution is 2.14. The van der Waals surface area contributed by atoms with Gasteiger partial charge in [-0.25, -0.2) is 4.79 Å². The van der Waals surface area contributed by atoms with Gasteiger partial charge in [-0.3, -0.25) is 43.8 Å². The molecule has 0 radical (unpaired) electrons. The van der Waals surface area contributed by atoms with Crippen molar-refractivity contribution >= 4 is 53.2 Å². The molecule has 0 fully saturated rings. The van der Waals surface area contributed by atoms with Crippen LogP contribution in [-0.2, 0) is 87.4 Å². The molecule has 26 heteroatoms. The van der Waals surface area contributed by atoms with Gasteiger partial charge < -0.3 is 79.5 Å². The highest BCUT2D eigenvalue weighted by atomic mass is 16.6. The highest BCUT2D eigenvalue weighted by molar-refractivity contribution is 6.12. The van der Waals surface area contributed by atoms with Crippen LogP contribution < -0.4 is 32.3 Å². The molecule has 0 bridgehead atoms. The number of ether oxygens (including phenoxy) is 10. The number of amides is 7. The Morgan fingerprint density at radius 3 is 1.58 bits per heavy atom. The Hall–Kier alpha value is -5.68. The Bertz CT molecular complexity index is 1900. The average Bonchev–Trinajstić information content (AvgIpc) is 3.76. The Balaban J connectivity index is 1.32. The number of hydrogen-bond acceptors (Lipinski definition) is 19. The first-order valence-corrected chi connectivity index (χ1v) is 27.1.